The molecule has 0 aliphatic carbocycles. The lowest BCUT2D eigenvalue weighted by molar-refractivity contribution is 0.992. The van der Waals surface area contributed by atoms with Gasteiger partial charge >= 0.3 is 0 Å². The molecule has 2 rings (SSSR count). The molecule has 96 valence electrons. The SMILES string of the molecule is CCSCCCNc1cccc(-c2nccs2)c1. The van der Waals surface area contributed by atoms with Crippen molar-refractivity contribution in [2.75, 3.05) is 23.4 Å². The van der Waals surface area contributed by atoms with Gasteiger partial charge in [-0.05, 0) is 30.1 Å². The minimum atomic E-state index is 1.04. The van der Waals surface area contributed by atoms with Crippen LogP contribution in [-0.4, -0.2) is 23.0 Å². The Morgan fingerprint density at radius 1 is 1.39 bits per heavy atom. The Hall–Kier alpha value is -1.00. The molecule has 0 bridgehead atoms. The summed E-state index contributed by atoms with van der Waals surface area (Å²) in [6, 6.07) is 8.48. The van der Waals surface area contributed by atoms with Gasteiger partial charge in [0.1, 0.15) is 5.01 Å². The molecule has 0 amide bonds. The highest BCUT2D eigenvalue weighted by atomic mass is 32.2. The van der Waals surface area contributed by atoms with Crippen LogP contribution in [0.4, 0.5) is 5.69 Å². The molecule has 0 aliphatic rings. The van der Waals surface area contributed by atoms with Gasteiger partial charge in [-0.15, -0.1) is 11.3 Å². The van der Waals surface area contributed by atoms with E-state index >= 15 is 0 Å². The zero-order chi connectivity index (χ0) is 12.6. The number of anilines is 1. The van der Waals surface area contributed by atoms with Crippen LogP contribution in [0, 0.1) is 0 Å². The third kappa shape index (κ3) is 4.03. The molecule has 0 saturated heterocycles. The summed E-state index contributed by atoms with van der Waals surface area (Å²) in [4.78, 5) is 4.34. The van der Waals surface area contributed by atoms with Gasteiger partial charge in [0.15, 0.2) is 0 Å². The van der Waals surface area contributed by atoms with E-state index in [1.807, 2.05) is 23.3 Å². The Bertz CT molecular complexity index is 455. The first-order valence-corrected chi connectivity index (χ1v) is 8.25. The lowest BCUT2D eigenvalue weighted by atomic mass is 10.2. The summed E-state index contributed by atoms with van der Waals surface area (Å²) in [7, 11) is 0. The van der Waals surface area contributed by atoms with Crippen molar-refractivity contribution in [3.05, 3.63) is 35.8 Å². The van der Waals surface area contributed by atoms with Crippen LogP contribution in [0.2, 0.25) is 0 Å². The van der Waals surface area contributed by atoms with Crippen LogP contribution in [0.3, 0.4) is 0 Å². The fraction of sp³-hybridized carbons (Fsp3) is 0.357. The molecule has 1 N–H and O–H groups in total. The van der Waals surface area contributed by atoms with Crippen molar-refractivity contribution in [3.8, 4) is 10.6 Å². The second-order valence-electron chi connectivity index (χ2n) is 3.90. The van der Waals surface area contributed by atoms with Gasteiger partial charge in [0, 0.05) is 29.4 Å². The molecule has 1 heterocycles. The van der Waals surface area contributed by atoms with Crippen molar-refractivity contribution in [2.24, 2.45) is 0 Å². The fourth-order valence-corrected chi connectivity index (χ4v) is 2.95. The standard InChI is InChI=1S/C14H18N2S2/c1-2-17-9-4-7-15-13-6-3-5-12(11-13)14-16-8-10-18-14/h3,5-6,8,10-11,15H,2,4,7,9H2,1H3. The molecule has 2 nitrogen and oxygen atoms in total. The normalized spacial score (nSPS) is 10.5. The maximum atomic E-state index is 4.34. The molecule has 0 saturated carbocycles. The summed E-state index contributed by atoms with van der Waals surface area (Å²) in [5.74, 6) is 2.44. The number of nitrogens with one attached hydrogen (secondary N) is 1. The van der Waals surface area contributed by atoms with Crippen molar-refractivity contribution in [1.82, 2.24) is 4.98 Å². The van der Waals surface area contributed by atoms with E-state index in [2.05, 4.69) is 41.5 Å². The van der Waals surface area contributed by atoms with Crippen molar-refractivity contribution in [2.45, 2.75) is 13.3 Å². The predicted molar refractivity (Wildman–Crippen MR) is 83.7 cm³/mol. The van der Waals surface area contributed by atoms with Crippen LogP contribution >= 0.6 is 23.1 Å². The number of benzene rings is 1. The van der Waals surface area contributed by atoms with Crippen LogP contribution in [-0.2, 0) is 0 Å². The zero-order valence-electron chi connectivity index (χ0n) is 10.6. The first-order chi connectivity index (χ1) is 8.90. The van der Waals surface area contributed by atoms with Crippen molar-refractivity contribution < 1.29 is 0 Å². The van der Waals surface area contributed by atoms with Crippen molar-refractivity contribution >= 4 is 28.8 Å². The van der Waals surface area contributed by atoms with E-state index in [0.29, 0.717) is 0 Å². The van der Waals surface area contributed by atoms with E-state index in [-0.39, 0.29) is 0 Å². The molecule has 1 aromatic carbocycles. The average molecular weight is 278 g/mol. The van der Waals surface area contributed by atoms with E-state index < -0.39 is 0 Å². The quantitative estimate of drug-likeness (QED) is 0.761. The van der Waals surface area contributed by atoms with Crippen LogP contribution in [0.25, 0.3) is 10.6 Å². The molecule has 2 aromatic rings. The summed E-state index contributed by atoms with van der Waals surface area (Å²) in [6.45, 7) is 3.24. The molecule has 1 aromatic heterocycles. The van der Waals surface area contributed by atoms with Crippen molar-refractivity contribution in [3.63, 3.8) is 0 Å². The Kier molecular flexibility index (Phi) is 5.55. The van der Waals surface area contributed by atoms with E-state index in [9.17, 15) is 0 Å². The topological polar surface area (TPSA) is 24.9 Å². The lowest BCUT2D eigenvalue weighted by Crippen LogP contribution is -2.02. The van der Waals surface area contributed by atoms with Crippen LogP contribution in [0.1, 0.15) is 13.3 Å². The lowest BCUT2D eigenvalue weighted by Gasteiger charge is -2.07. The maximum absolute atomic E-state index is 4.34. The van der Waals surface area contributed by atoms with E-state index in [1.54, 1.807) is 11.3 Å². The van der Waals surface area contributed by atoms with Crippen molar-refractivity contribution in [1.29, 1.82) is 0 Å². The highest BCUT2D eigenvalue weighted by molar-refractivity contribution is 7.99. The van der Waals surface area contributed by atoms with E-state index in [4.69, 9.17) is 0 Å². The molecule has 0 spiro atoms. The van der Waals surface area contributed by atoms with Gasteiger partial charge in [0.05, 0.1) is 0 Å². The van der Waals surface area contributed by atoms with E-state index in [1.165, 1.54) is 29.2 Å². The minimum Gasteiger partial charge on any atom is -0.385 e. The summed E-state index contributed by atoms with van der Waals surface area (Å²) in [5.41, 5.74) is 2.38. The maximum Gasteiger partial charge on any atom is 0.123 e. The molecule has 0 atom stereocenters. The third-order valence-electron chi connectivity index (χ3n) is 2.54. The van der Waals surface area contributed by atoms with Gasteiger partial charge in [-0.25, -0.2) is 4.98 Å². The molecular formula is C14H18N2S2. The first-order valence-electron chi connectivity index (χ1n) is 6.21. The Morgan fingerprint density at radius 3 is 3.11 bits per heavy atom. The average Bonchev–Trinajstić information content (AvgIpc) is 2.93. The van der Waals surface area contributed by atoms with Gasteiger partial charge in [0.25, 0.3) is 0 Å². The third-order valence-corrected chi connectivity index (χ3v) is 4.35. The smallest absolute Gasteiger partial charge is 0.123 e. The molecular weight excluding hydrogens is 260 g/mol. The fourth-order valence-electron chi connectivity index (χ4n) is 1.68. The van der Waals surface area contributed by atoms with Gasteiger partial charge in [-0.1, -0.05) is 19.1 Å². The molecule has 0 radical (unpaired) electrons. The second kappa shape index (κ2) is 7.44. The zero-order valence-corrected chi connectivity index (χ0v) is 12.2. The Morgan fingerprint density at radius 2 is 2.33 bits per heavy atom. The first kappa shape index (κ1) is 13.4. The van der Waals surface area contributed by atoms with E-state index in [0.717, 1.165) is 11.6 Å². The molecule has 18 heavy (non-hydrogen) atoms. The second-order valence-corrected chi connectivity index (χ2v) is 6.18. The van der Waals surface area contributed by atoms with Crippen LogP contribution in [0.15, 0.2) is 35.8 Å². The molecule has 4 heteroatoms. The van der Waals surface area contributed by atoms with Crippen LogP contribution in [0.5, 0.6) is 0 Å². The summed E-state index contributed by atoms with van der Waals surface area (Å²) in [6.07, 6.45) is 3.06. The minimum absolute atomic E-state index is 1.04. The molecule has 0 unspecified atom stereocenters. The summed E-state index contributed by atoms with van der Waals surface area (Å²) in [5, 5.41) is 6.56. The highest BCUT2D eigenvalue weighted by Gasteiger charge is 2.00. The Balaban J connectivity index is 1.88. The largest absolute Gasteiger partial charge is 0.385 e. The number of thioether (sulfide) groups is 1. The number of thiazole rings is 1. The van der Waals surface area contributed by atoms with Gasteiger partial charge in [-0.2, -0.15) is 11.8 Å². The summed E-state index contributed by atoms with van der Waals surface area (Å²) < 4.78 is 0. The van der Waals surface area contributed by atoms with Crippen LogP contribution < -0.4 is 5.32 Å². The predicted octanol–water partition coefficient (Wildman–Crippen LogP) is 4.37. The molecule has 0 fully saturated rings. The Labute approximate surface area is 117 Å². The number of nitrogens with zero attached hydrogens (tertiary/aromatic N) is 1. The number of rotatable bonds is 7. The van der Waals surface area contributed by atoms with Gasteiger partial charge < -0.3 is 5.32 Å². The number of hydrogen-bond acceptors (Lipinski definition) is 4. The monoisotopic (exact) mass is 278 g/mol. The van der Waals surface area contributed by atoms with Gasteiger partial charge in [0.2, 0.25) is 0 Å². The number of hydrogen-bond donors (Lipinski definition) is 1. The highest BCUT2D eigenvalue weighted by Crippen LogP contribution is 2.24. The summed E-state index contributed by atoms with van der Waals surface area (Å²) >= 11 is 3.67. The molecule has 0 aliphatic heterocycles. The number of aromatic nitrogens is 1. The van der Waals surface area contributed by atoms with Gasteiger partial charge in [-0.3, -0.25) is 0 Å².